The molecule has 0 saturated carbocycles. The van der Waals surface area contributed by atoms with Gasteiger partial charge < -0.3 is 9.30 Å². The molecule has 2 aromatic carbocycles. The average molecular weight is 462 g/mol. The Morgan fingerprint density at radius 2 is 1.90 bits per heavy atom. The molecule has 2 heterocycles. The fourth-order valence-electron chi connectivity index (χ4n) is 3.20. The summed E-state index contributed by atoms with van der Waals surface area (Å²) in [5.41, 5.74) is 3.58. The number of ether oxygens (including phenoxy) is 1. The SMILES string of the molecule is COc1ccc(/C=C/C(=O)c2ccc(-n3cccc3)cc2)cc1Cn1cc(Br)cn1. The van der Waals surface area contributed by atoms with E-state index in [-0.39, 0.29) is 5.78 Å². The van der Waals surface area contributed by atoms with Crippen molar-refractivity contribution in [1.82, 2.24) is 14.3 Å². The minimum atomic E-state index is -0.0394. The third-order valence-corrected chi connectivity index (χ3v) is 5.13. The summed E-state index contributed by atoms with van der Waals surface area (Å²) in [6, 6.07) is 17.3. The van der Waals surface area contributed by atoms with Crippen LogP contribution in [-0.2, 0) is 6.54 Å². The van der Waals surface area contributed by atoms with E-state index in [0.717, 1.165) is 27.0 Å². The van der Waals surface area contributed by atoms with Crippen molar-refractivity contribution in [1.29, 1.82) is 0 Å². The van der Waals surface area contributed by atoms with Crippen LogP contribution in [0.25, 0.3) is 11.8 Å². The second kappa shape index (κ2) is 8.97. The summed E-state index contributed by atoms with van der Waals surface area (Å²) < 4.78 is 10.2. The molecule has 30 heavy (non-hydrogen) atoms. The Kier molecular flexibility index (Phi) is 5.95. The van der Waals surface area contributed by atoms with Gasteiger partial charge in [-0.2, -0.15) is 5.10 Å². The molecule has 0 bridgehead atoms. The molecule has 0 unspecified atom stereocenters. The van der Waals surface area contributed by atoms with Crippen LogP contribution in [-0.4, -0.2) is 27.2 Å². The normalized spacial score (nSPS) is 11.1. The van der Waals surface area contributed by atoms with E-state index in [1.54, 1.807) is 19.4 Å². The van der Waals surface area contributed by atoms with Gasteiger partial charge in [0.05, 0.1) is 24.3 Å². The Balaban J connectivity index is 1.50. The van der Waals surface area contributed by atoms with Crippen LogP contribution in [0, 0.1) is 0 Å². The number of benzene rings is 2. The first-order valence-electron chi connectivity index (χ1n) is 9.43. The number of methoxy groups -OCH3 is 1. The van der Waals surface area contributed by atoms with E-state index in [1.165, 1.54) is 0 Å². The molecule has 0 saturated heterocycles. The van der Waals surface area contributed by atoms with Gasteiger partial charge in [-0.25, -0.2) is 0 Å². The summed E-state index contributed by atoms with van der Waals surface area (Å²) >= 11 is 3.41. The van der Waals surface area contributed by atoms with Crippen molar-refractivity contribution < 1.29 is 9.53 Å². The van der Waals surface area contributed by atoms with Gasteiger partial charge >= 0.3 is 0 Å². The summed E-state index contributed by atoms with van der Waals surface area (Å²) in [4.78, 5) is 12.6. The topological polar surface area (TPSA) is 49.0 Å². The average Bonchev–Trinajstić information content (AvgIpc) is 3.44. The van der Waals surface area contributed by atoms with Crippen LogP contribution in [0.15, 0.2) is 89.9 Å². The Hall–Kier alpha value is -3.38. The van der Waals surface area contributed by atoms with E-state index in [9.17, 15) is 4.79 Å². The number of carbonyl (C=O) groups excluding carboxylic acids is 1. The smallest absolute Gasteiger partial charge is 0.185 e. The minimum absolute atomic E-state index is 0.0394. The first-order chi connectivity index (χ1) is 14.6. The summed E-state index contributed by atoms with van der Waals surface area (Å²) in [5, 5.41) is 4.30. The van der Waals surface area contributed by atoms with Crippen molar-refractivity contribution in [2.45, 2.75) is 6.54 Å². The first kappa shape index (κ1) is 19.9. The summed E-state index contributed by atoms with van der Waals surface area (Å²) in [6.45, 7) is 0.575. The van der Waals surface area contributed by atoms with E-state index in [2.05, 4.69) is 21.0 Å². The van der Waals surface area contributed by atoms with E-state index >= 15 is 0 Å². The second-order valence-corrected chi connectivity index (χ2v) is 7.68. The Morgan fingerprint density at radius 1 is 1.13 bits per heavy atom. The van der Waals surface area contributed by atoms with Crippen LogP contribution in [0.3, 0.4) is 0 Å². The number of nitrogens with zero attached hydrogens (tertiary/aromatic N) is 3. The van der Waals surface area contributed by atoms with Crippen LogP contribution in [0.4, 0.5) is 0 Å². The molecule has 4 rings (SSSR count). The molecule has 0 atom stereocenters. The van der Waals surface area contributed by atoms with Gasteiger partial charge in [-0.05, 0) is 76.1 Å². The zero-order chi connectivity index (χ0) is 20.9. The molecule has 4 aromatic rings. The lowest BCUT2D eigenvalue weighted by Crippen LogP contribution is -2.02. The number of hydrogen-bond donors (Lipinski definition) is 0. The van der Waals surface area contributed by atoms with E-state index in [1.807, 2.05) is 88.5 Å². The third-order valence-electron chi connectivity index (χ3n) is 4.72. The minimum Gasteiger partial charge on any atom is -0.496 e. The molecule has 2 aromatic heterocycles. The van der Waals surface area contributed by atoms with Crippen LogP contribution >= 0.6 is 15.9 Å². The summed E-state index contributed by atoms with van der Waals surface area (Å²) in [5.74, 6) is 0.744. The summed E-state index contributed by atoms with van der Waals surface area (Å²) in [7, 11) is 1.65. The number of aromatic nitrogens is 3. The van der Waals surface area contributed by atoms with Crippen molar-refractivity contribution in [3.63, 3.8) is 0 Å². The van der Waals surface area contributed by atoms with Crippen molar-refractivity contribution in [3.8, 4) is 11.4 Å². The molecule has 0 aliphatic heterocycles. The van der Waals surface area contributed by atoms with Gasteiger partial charge in [-0.15, -0.1) is 0 Å². The molecule has 6 heteroatoms. The van der Waals surface area contributed by atoms with Gasteiger partial charge in [0.15, 0.2) is 5.78 Å². The molecule has 0 spiro atoms. The van der Waals surface area contributed by atoms with Gasteiger partial charge in [0.2, 0.25) is 0 Å². The third kappa shape index (κ3) is 4.60. The number of allylic oxidation sites excluding steroid dienone is 1. The number of ketones is 1. The second-order valence-electron chi connectivity index (χ2n) is 6.76. The largest absolute Gasteiger partial charge is 0.496 e. The number of carbonyl (C=O) groups is 1. The zero-order valence-corrected chi connectivity index (χ0v) is 18.0. The molecule has 0 N–H and O–H groups in total. The zero-order valence-electron chi connectivity index (χ0n) is 16.4. The molecule has 0 radical (unpaired) electrons. The molecule has 150 valence electrons. The Bertz CT molecular complexity index is 1180. The number of halogens is 1. The Labute approximate surface area is 183 Å². The number of rotatable bonds is 7. The van der Waals surface area contributed by atoms with Gasteiger partial charge in [0.25, 0.3) is 0 Å². The monoisotopic (exact) mass is 461 g/mol. The maximum absolute atomic E-state index is 12.6. The van der Waals surface area contributed by atoms with Gasteiger partial charge in [-0.3, -0.25) is 9.48 Å². The standard InChI is InChI=1S/C24H20BrN3O2/c1-30-24-11-5-18(14-20(24)16-28-17-21(25)15-26-28)4-10-23(29)19-6-8-22(9-7-19)27-12-2-3-13-27/h2-15,17H,16H2,1H3/b10-4+. The highest BCUT2D eigenvalue weighted by atomic mass is 79.9. The molecular weight excluding hydrogens is 442 g/mol. The predicted octanol–water partition coefficient (Wildman–Crippen LogP) is 5.39. The highest BCUT2D eigenvalue weighted by Gasteiger charge is 2.07. The first-order valence-corrected chi connectivity index (χ1v) is 10.2. The van der Waals surface area contributed by atoms with Crippen molar-refractivity contribution in [3.05, 3.63) is 107 Å². The molecule has 0 amide bonds. The van der Waals surface area contributed by atoms with E-state index < -0.39 is 0 Å². The highest BCUT2D eigenvalue weighted by molar-refractivity contribution is 9.10. The van der Waals surface area contributed by atoms with Crippen LogP contribution < -0.4 is 4.74 Å². The van der Waals surface area contributed by atoms with Gasteiger partial charge in [-0.1, -0.05) is 12.1 Å². The predicted molar refractivity (Wildman–Crippen MR) is 121 cm³/mol. The van der Waals surface area contributed by atoms with Gasteiger partial charge in [0.1, 0.15) is 5.75 Å². The lowest BCUT2D eigenvalue weighted by molar-refractivity contribution is 0.104. The molecular formula is C24H20BrN3O2. The van der Waals surface area contributed by atoms with Crippen LogP contribution in [0.1, 0.15) is 21.5 Å². The summed E-state index contributed by atoms with van der Waals surface area (Å²) in [6.07, 6.45) is 11.0. The van der Waals surface area contributed by atoms with Crippen molar-refractivity contribution in [2.75, 3.05) is 7.11 Å². The fourth-order valence-corrected chi connectivity index (χ4v) is 3.53. The molecule has 0 fully saturated rings. The van der Waals surface area contributed by atoms with E-state index in [0.29, 0.717) is 12.1 Å². The maximum Gasteiger partial charge on any atom is 0.185 e. The molecule has 0 aliphatic rings. The van der Waals surface area contributed by atoms with Crippen LogP contribution in [0.2, 0.25) is 0 Å². The van der Waals surface area contributed by atoms with Crippen LogP contribution in [0.5, 0.6) is 5.75 Å². The maximum atomic E-state index is 12.6. The van der Waals surface area contributed by atoms with E-state index in [4.69, 9.17) is 4.74 Å². The fraction of sp³-hybridized carbons (Fsp3) is 0.0833. The van der Waals surface area contributed by atoms with Gasteiger partial charge in [0, 0.05) is 35.4 Å². The molecule has 5 nitrogen and oxygen atoms in total. The number of hydrogen-bond acceptors (Lipinski definition) is 3. The lowest BCUT2D eigenvalue weighted by Gasteiger charge is -2.10. The lowest BCUT2D eigenvalue weighted by atomic mass is 10.1. The highest BCUT2D eigenvalue weighted by Crippen LogP contribution is 2.22. The van der Waals surface area contributed by atoms with Crippen molar-refractivity contribution >= 4 is 27.8 Å². The Morgan fingerprint density at radius 3 is 2.57 bits per heavy atom. The molecule has 0 aliphatic carbocycles. The van der Waals surface area contributed by atoms with Crippen molar-refractivity contribution in [2.24, 2.45) is 0 Å². The quantitative estimate of drug-likeness (QED) is 0.273.